The Kier molecular flexibility index (Phi) is 6.16. The third kappa shape index (κ3) is 5.29. The summed E-state index contributed by atoms with van der Waals surface area (Å²) in [4.78, 5) is 37.5. The van der Waals surface area contributed by atoms with Crippen LogP contribution in [-0.2, 0) is 16.1 Å². The maximum atomic E-state index is 12.6. The van der Waals surface area contributed by atoms with E-state index < -0.39 is 0 Å². The predicted octanol–water partition coefficient (Wildman–Crippen LogP) is 0.684. The van der Waals surface area contributed by atoms with E-state index in [0.29, 0.717) is 31.6 Å². The van der Waals surface area contributed by atoms with Gasteiger partial charge in [-0.3, -0.25) is 19.5 Å². The van der Waals surface area contributed by atoms with E-state index in [1.54, 1.807) is 4.90 Å². The van der Waals surface area contributed by atoms with Crippen molar-refractivity contribution in [1.82, 2.24) is 19.8 Å². The van der Waals surface area contributed by atoms with Crippen LogP contribution in [0.15, 0.2) is 10.9 Å². The van der Waals surface area contributed by atoms with Gasteiger partial charge in [0.15, 0.2) is 0 Å². The van der Waals surface area contributed by atoms with Crippen molar-refractivity contribution in [3.63, 3.8) is 0 Å². The first-order valence-corrected chi connectivity index (χ1v) is 9.71. The molecular weight excluding hydrogens is 346 g/mol. The quantitative estimate of drug-likeness (QED) is 0.718. The number of carbonyl (C=O) groups is 1. The molecule has 2 heterocycles. The number of likely N-dealkylation sites (tertiary alicyclic amines) is 1. The zero-order valence-electron chi connectivity index (χ0n) is 16.8. The number of amides is 1. The lowest BCUT2D eigenvalue weighted by atomic mass is 10.2. The van der Waals surface area contributed by atoms with E-state index in [1.165, 1.54) is 18.9 Å². The number of carbonyl (C=O) groups excluding carboxylic acids is 1. The molecule has 8 nitrogen and oxygen atoms in total. The third-order valence-corrected chi connectivity index (χ3v) is 5.34. The Hall–Kier alpha value is -1.93. The van der Waals surface area contributed by atoms with Gasteiger partial charge in [0.2, 0.25) is 5.95 Å². The maximum absolute atomic E-state index is 12.6. The molecule has 2 fully saturated rings. The Morgan fingerprint density at radius 1 is 1.37 bits per heavy atom. The van der Waals surface area contributed by atoms with Gasteiger partial charge in [-0.15, -0.1) is 0 Å². The topological polar surface area (TPSA) is 81.8 Å². The lowest BCUT2D eigenvalue weighted by molar-refractivity contribution is -0.142. The van der Waals surface area contributed by atoms with Crippen molar-refractivity contribution < 1.29 is 9.53 Å². The molecule has 1 amide bonds. The number of anilines is 1. The number of nitrogens with one attached hydrogen (secondary N) is 1. The van der Waals surface area contributed by atoms with Crippen molar-refractivity contribution in [2.75, 3.05) is 45.7 Å². The second-order valence-corrected chi connectivity index (χ2v) is 8.02. The third-order valence-electron chi connectivity index (χ3n) is 5.34. The molecule has 0 unspecified atom stereocenters. The molecule has 0 bridgehead atoms. The van der Waals surface area contributed by atoms with Crippen LogP contribution < -0.4 is 10.5 Å². The molecule has 2 atom stereocenters. The van der Waals surface area contributed by atoms with Gasteiger partial charge >= 0.3 is 0 Å². The molecule has 1 N–H and O–H groups in total. The van der Waals surface area contributed by atoms with E-state index in [2.05, 4.69) is 14.9 Å². The summed E-state index contributed by atoms with van der Waals surface area (Å²) in [6.07, 6.45) is 3.00. The highest BCUT2D eigenvalue weighted by Gasteiger charge is 2.32. The number of H-pyrrole nitrogens is 1. The van der Waals surface area contributed by atoms with Gasteiger partial charge in [-0.25, -0.2) is 4.98 Å². The molecule has 0 radical (unpaired) electrons. The largest absolute Gasteiger partial charge is 0.368 e. The number of likely N-dealkylation sites (N-methyl/N-ethyl adjacent to an activating group) is 1. The Balaban J connectivity index is 1.53. The first kappa shape index (κ1) is 19.8. The van der Waals surface area contributed by atoms with E-state index in [4.69, 9.17) is 4.74 Å². The lowest BCUT2D eigenvalue weighted by Crippen LogP contribution is -2.41. The number of hydrogen-bond donors (Lipinski definition) is 1. The van der Waals surface area contributed by atoms with Crippen LogP contribution in [0.3, 0.4) is 0 Å². The second kappa shape index (κ2) is 8.39. The first-order chi connectivity index (χ1) is 12.8. The Morgan fingerprint density at radius 2 is 2.11 bits per heavy atom. The minimum atomic E-state index is -0.369. The molecular formula is C19H31N5O3. The molecule has 0 spiro atoms. The van der Waals surface area contributed by atoms with Gasteiger partial charge in [0.1, 0.15) is 6.10 Å². The normalized spacial score (nSPS) is 20.9. The fraction of sp³-hybridized carbons (Fsp3) is 0.737. The molecule has 0 aromatic carbocycles. The summed E-state index contributed by atoms with van der Waals surface area (Å²) in [5.41, 5.74) is 0.581. The average Bonchev–Trinajstić information content (AvgIpc) is 3.32. The summed E-state index contributed by atoms with van der Waals surface area (Å²) in [6, 6.07) is 1.79. The van der Waals surface area contributed by atoms with Crippen LogP contribution in [0.2, 0.25) is 0 Å². The fourth-order valence-corrected chi connectivity index (χ4v) is 3.37. The smallest absolute Gasteiger partial charge is 0.252 e. The fourth-order valence-electron chi connectivity index (χ4n) is 3.37. The molecule has 1 aliphatic carbocycles. The van der Waals surface area contributed by atoms with Crippen LogP contribution in [0.5, 0.6) is 0 Å². The zero-order valence-corrected chi connectivity index (χ0v) is 16.8. The molecule has 150 valence electrons. The first-order valence-electron chi connectivity index (χ1n) is 9.71. The van der Waals surface area contributed by atoms with E-state index in [9.17, 15) is 9.59 Å². The lowest BCUT2D eigenvalue weighted by Gasteiger charge is -2.25. The maximum Gasteiger partial charge on any atom is 0.252 e. The molecule has 27 heavy (non-hydrogen) atoms. The van der Waals surface area contributed by atoms with E-state index in [0.717, 1.165) is 18.7 Å². The highest BCUT2D eigenvalue weighted by Crippen LogP contribution is 2.29. The van der Waals surface area contributed by atoms with Crippen molar-refractivity contribution in [3.05, 3.63) is 22.1 Å². The highest BCUT2D eigenvalue weighted by atomic mass is 16.5. The van der Waals surface area contributed by atoms with Gasteiger partial charge in [-0.2, -0.15) is 0 Å². The number of rotatable bonds is 8. The van der Waals surface area contributed by atoms with E-state index >= 15 is 0 Å². The Morgan fingerprint density at radius 3 is 2.78 bits per heavy atom. The van der Waals surface area contributed by atoms with Gasteiger partial charge in [-0.05, 0) is 39.2 Å². The molecule has 1 aromatic rings. The summed E-state index contributed by atoms with van der Waals surface area (Å²) in [6.45, 7) is 4.56. The number of hydrogen-bond acceptors (Lipinski definition) is 6. The van der Waals surface area contributed by atoms with Gasteiger partial charge in [-0.1, -0.05) is 0 Å². The highest BCUT2D eigenvalue weighted by molar-refractivity contribution is 5.80. The second-order valence-electron chi connectivity index (χ2n) is 8.02. The van der Waals surface area contributed by atoms with Crippen molar-refractivity contribution >= 4 is 11.9 Å². The molecule has 8 heteroatoms. The van der Waals surface area contributed by atoms with Crippen LogP contribution in [0.4, 0.5) is 5.95 Å². The zero-order chi connectivity index (χ0) is 19.6. The number of aromatic nitrogens is 2. The monoisotopic (exact) mass is 377 g/mol. The van der Waals surface area contributed by atoms with Gasteiger partial charge in [0, 0.05) is 45.8 Å². The summed E-state index contributed by atoms with van der Waals surface area (Å²) in [5, 5.41) is 0. The summed E-state index contributed by atoms with van der Waals surface area (Å²) in [7, 11) is 5.71. The van der Waals surface area contributed by atoms with Gasteiger partial charge < -0.3 is 14.5 Å². The molecule has 1 aromatic heterocycles. The molecule has 1 saturated carbocycles. The number of nitrogens with zero attached hydrogens (tertiary/aromatic N) is 4. The van der Waals surface area contributed by atoms with E-state index in [1.807, 2.05) is 33.0 Å². The predicted molar refractivity (Wildman–Crippen MR) is 104 cm³/mol. The van der Waals surface area contributed by atoms with Gasteiger partial charge in [0.05, 0.1) is 12.3 Å². The summed E-state index contributed by atoms with van der Waals surface area (Å²) < 4.78 is 5.72. The Bertz CT molecular complexity index is 716. The van der Waals surface area contributed by atoms with Gasteiger partial charge in [0.25, 0.3) is 11.5 Å². The standard InChI is InChI=1S/C19H31N5O3/c1-13(27-12-14-5-6-14)18(26)24-8-7-16(11-24)23(4)10-15-9-17(25)21-19(20-15)22(2)3/h9,13-14,16H,5-8,10-12H2,1-4H3,(H,20,21,25)/t13-,16-/m1/s1. The van der Waals surface area contributed by atoms with Crippen LogP contribution in [0, 0.1) is 5.92 Å². The Labute approximate surface area is 160 Å². The summed E-state index contributed by atoms with van der Waals surface area (Å²) >= 11 is 0. The minimum Gasteiger partial charge on any atom is -0.368 e. The van der Waals surface area contributed by atoms with E-state index in [-0.39, 0.29) is 23.6 Å². The van der Waals surface area contributed by atoms with Crippen LogP contribution in [0.1, 0.15) is 31.9 Å². The SMILES string of the molecule is C[C@@H](OCC1CC1)C(=O)N1CC[C@@H](N(C)Cc2cc(=O)[nH]c(N(C)C)n2)C1. The molecule has 2 aliphatic rings. The van der Waals surface area contributed by atoms with Crippen molar-refractivity contribution in [2.24, 2.45) is 5.92 Å². The van der Waals surface area contributed by atoms with Crippen LogP contribution >= 0.6 is 0 Å². The number of aromatic amines is 1. The molecule has 3 rings (SSSR count). The van der Waals surface area contributed by atoms with Crippen LogP contribution in [-0.4, -0.2) is 78.7 Å². The average molecular weight is 377 g/mol. The minimum absolute atomic E-state index is 0.0794. The number of ether oxygens (including phenoxy) is 1. The van der Waals surface area contributed by atoms with Crippen molar-refractivity contribution in [3.8, 4) is 0 Å². The molecule has 1 saturated heterocycles. The summed E-state index contributed by atoms with van der Waals surface area (Å²) in [5.74, 6) is 1.29. The van der Waals surface area contributed by atoms with Crippen LogP contribution in [0.25, 0.3) is 0 Å². The molecule has 1 aliphatic heterocycles. The van der Waals surface area contributed by atoms with Crippen molar-refractivity contribution in [1.29, 1.82) is 0 Å². The van der Waals surface area contributed by atoms with Crippen molar-refractivity contribution in [2.45, 2.75) is 44.9 Å².